The van der Waals surface area contributed by atoms with Crippen LogP contribution in [0.1, 0.15) is 24.2 Å². The lowest BCUT2D eigenvalue weighted by atomic mass is 10.3. The van der Waals surface area contributed by atoms with Crippen LogP contribution in [0.5, 0.6) is 0 Å². The fourth-order valence-electron chi connectivity index (χ4n) is 1.19. The van der Waals surface area contributed by atoms with Crippen LogP contribution >= 0.6 is 11.8 Å². The Bertz CT molecular complexity index is 340. The molecule has 0 aliphatic rings. The lowest BCUT2D eigenvalue weighted by Crippen LogP contribution is -2.18. The highest BCUT2D eigenvalue weighted by Crippen LogP contribution is 2.09. The molecular formula is C11H16N2O2S. The van der Waals surface area contributed by atoms with Gasteiger partial charge in [0.15, 0.2) is 0 Å². The Balaban J connectivity index is 2.51. The lowest BCUT2D eigenvalue weighted by Gasteiger charge is -2.13. The molecule has 1 unspecified atom stereocenters. The first-order valence-electron chi connectivity index (χ1n) is 5.17. The molecule has 1 rings (SSSR count). The summed E-state index contributed by atoms with van der Waals surface area (Å²) >= 11 is 1.86. The maximum Gasteiger partial charge on any atom is 0.337 e. The van der Waals surface area contributed by atoms with Crippen LogP contribution in [0.25, 0.3) is 0 Å². The van der Waals surface area contributed by atoms with Crippen LogP contribution in [-0.2, 0) is 0 Å². The van der Waals surface area contributed by atoms with E-state index in [1.54, 1.807) is 12.1 Å². The standard InChI is InChI=1S/C11H16N2O2S/c1-3-16-7-8(2)13-10-5-4-9(6-12-10)11(14)15/h4-6,8H,3,7H2,1-2H3,(H,12,13)(H,14,15). The molecule has 0 saturated carbocycles. The number of thioether (sulfide) groups is 1. The number of aromatic carboxylic acids is 1. The number of carboxylic acids is 1. The number of nitrogens with one attached hydrogen (secondary N) is 1. The number of rotatable bonds is 6. The van der Waals surface area contributed by atoms with Gasteiger partial charge in [0.1, 0.15) is 5.82 Å². The minimum absolute atomic E-state index is 0.209. The van der Waals surface area contributed by atoms with E-state index < -0.39 is 5.97 Å². The first kappa shape index (κ1) is 12.8. The Morgan fingerprint density at radius 1 is 1.62 bits per heavy atom. The van der Waals surface area contributed by atoms with Crippen molar-refractivity contribution in [1.29, 1.82) is 0 Å². The van der Waals surface area contributed by atoms with E-state index in [-0.39, 0.29) is 5.56 Å². The first-order valence-corrected chi connectivity index (χ1v) is 6.32. The molecule has 0 aliphatic heterocycles. The summed E-state index contributed by atoms with van der Waals surface area (Å²) in [5.41, 5.74) is 0.209. The van der Waals surface area contributed by atoms with Gasteiger partial charge in [0, 0.05) is 18.0 Å². The minimum atomic E-state index is -0.950. The van der Waals surface area contributed by atoms with Gasteiger partial charge in [0.05, 0.1) is 5.56 Å². The third-order valence-corrected chi connectivity index (χ3v) is 3.12. The van der Waals surface area contributed by atoms with E-state index in [2.05, 4.69) is 24.1 Å². The zero-order chi connectivity index (χ0) is 12.0. The van der Waals surface area contributed by atoms with Crippen molar-refractivity contribution in [2.24, 2.45) is 0 Å². The molecule has 1 atom stereocenters. The molecule has 0 bridgehead atoms. The van der Waals surface area contributed by atoms with Gasteiger partial charge in [0.25, 0.3) is 0 Å². The summed E-state index contributed by atoms with van der Waals surface area (Å²) in [6.07, 6.45) is 1.37. The highest BCUT2D eigenvalue weighted by molar-refractivity contribution is 7.99. The van der Waals surface area contributed by atoms with Gasteiger partial charge in [-0.3, -0.25) is 0 Å². The van der Waals surface area contributed by atoms with E-state index >= 15 is 0 Å². The van der Waals surface area contributed by atoms with E-state index in [1.807, 2.05) is 11.8 Å². The van der Waals surface area contributed by atoms with Crippen LogP contribution in [0.2, 0.25) is 0 Å². The van der Waals surface area contributed by atoms with Crippen LogP contribution in [-0.4, -0.2) is 33.6 Å². The Morgan fingerprint density at radius 2 is 2.38 bits per heavy atom. The zero-order valence-electron chi connectivity index (χ0n) is 9.43. The molecule has 0 aromatic carbocycles. The van der Waals surface area contributed by atoms with Crippen molar-refractivity contribution in [3.05, 3.63) is 23.9 Å². The Labute approximate surface area is 99.5 Å². The largest absolute Gasteiger partial charge is 0.478 e. The van der Waals surface area contributed by atoms with Crippen LogP contribution in [0.4, 0.5) is 5.82 Å². The molecule has 0 saturated heterocycles. The zero-order valence-corrected chi connectivity index (χ0v) is 10.3. The average Bonchev–Trinajstić information content (AvgIpc) is 2.27. The number of hydrogen-bond donors (Lipinski definition) is 2. The van der Waals surface area contributed by atoms with Gasteiger partial charge in [-0.05, 0) is 24.8 Å². The smallest absolute Gasteiger partial charge is 0.337 e. The highest BCUT2D eigenvalue weighted by Gasteiger charge is 2.05. The van der Waals surface area contributed by atoms with E-state index in [0.717, 1.165) is 11.5 Å². The monoisotopic (exact) mass is 240 g/mol. The quantitative estimate of drug-likeness (QED) is 0.799. The van der Waals surface area contributed by atoms with E-state index in [4.69, 9.17) is 5.11 Å². The summed E-state index contributed by atoms with van der Waals surface area (Å²) in [5, 5.41) is 11.9. The number of carbonyl (C=O) groups is 1. The van der Waals surface area contributed by atoms with Crippen LogP contribution in [0.3, 0.4) is 0 Å². The van der Waals surface area contributed by atoms with Crippen LogP contribution in [0.15, 0.2) is 18.3 Å². The molecular weight excluding hydrogens is 224 g/mol. The molecule has 0 spiro atoms. The van der Waals surface area contributed by atoms with Crippen molar-refractivity contribution in [3.8, 4) is 0 Å². The summed E-state index contributed by atoms with van der Waals surface area (Å²) in [6, 6.07) is 3.57. The summed E-state index contributed by atoms with van der Waals surface area (Å²) < 4.78 is 0. The summed E-state index contributed by atoms with van der Waals surface area (Å²) in [5.74, 6) is 1.87. The molecule has 0 aliphatic carbocycles. The second-order valence-electron chi connectivity index (χ2n) is 3.44. The topological polar surface area (TPSA) is 62.2 Å². The van der Waals surface area contributed by atoms with Gasteiger partial charge >= 0.3 is 5.97 Å². The third kappa shape index (κ3) is 4.10. The van der Waals surface area contributed by atoms with Gasteiger partial charge in [0.2, 0.25) is 0 Å². The van der Waals surface area contributed by atoms with Crippen molar-refractivity contribution in [3.63, 3.8) is 0 Å². The minimum Gasteiger partial charge on any atom is -0.478 e. The van der Waals surface area contributed by atoms with E-state index in [0.29, 0.717) is 11.9 Å². The molecule has 0 radical (unpaired) electrons. The van der Waals surface area contributed by atoms with Gasteiger partial charge in [-0.1, -0.05) is 6.92 Å². The average molecular weight is 240 g/mol. The Hall–Kier alpha value is -1.23. The number of nitrogens with zero attached hydrogens (tertiary/aromatic N) is 1. The van der Waals surface area contributed by atoms with E-state index in [1.165, 1.54) is 6.20 Å². The fraction of sp³-hybridized carbons (Fsp3) is 0.455. The number of pyridine rings is 1. The molecule has 16 heavy (non-hydrogen) atoms. The Kier molecular flexibility index (Phi) is 5.11. The molecule has 0 amide bonds. The third-order valence-electron chi connectivity index (χ3n) is 1.98. The first-order chi connectivity index (χ1) is 7.63. The summed E-state index contributed by atoms with van der Waals surface area (Å²) in [4.78, 5) is 14.7. The van der Waals surface area contributed by atoms with E-state index in [9.17, 15) is 4.79 Å². The number of carboxylic acid groups (broad SMARTS) is 1. The van der Waals surface area contributed by atoms with Crippen molar-refractivity contribution in [2.45, 2.75) is 19.9 Å². The number of anilines is 1. The van der Waals surface area contributed by atoms with Crippen molar-refractivity contribution in [1.82, 2.24) is 4.98 Å². The maximum absolute atomic E-state index is 10.6. The molecule has 1 heterocycles. The Morgan fingerprint density at radius 3 is 2.88 bits per heavy atom. The second kappa shape index (κ2) is 6.37. The number of hydrogen-bond acceptors (Lipinski definition) is 4. The predicted octanol–water partition coefficient (Wildman–Crippen LogP) is 2.33. The molecule has 2 N–H and O–H groups in total. The summed E-state index contributed by atoms with van der Waals surface area (Å²) in [6.45, 7) is 4.20. The normalized spacial score (nSPS) is 12.1. The number of aromatic nitrogens is 1. The second-order valence-corrected chi connectivity index (χ2v) is 4.76. The maximum atomic E-state index is 10.6. The molecule has 4 nitrogen and oxygen atoms in total. The highest BCUT2D eigenvalue weighted by atomic mass is 32.2. The molecule has 1 aromatic heterocycles. The molecule has 88 valence electrons. The van der Waals surface area contributed by atoms with Crippen LogP contribution in [0, 0.1) is 0 Å². The summed E-state index contributed by atoms with van der Waals surface area (Å²) in [7, 11) is 0. The SMILES string of the molecule is CCSCC(C)Nc1ccc(C(=O)O)cn1. The molecule has 0 fully saturated rings. The molecule has 5 heteroatoms. The van der Waals surface area contributed by atoms with Gasteiger partial charge in [-0.15, -0.1) is 0 Å². The predicted molar refractivity (Wildman–Crippen MR) is 67.3 cm³/mol. The molecule has 1 aromatic rings. The fourth-order valence-corrected chi connectivity index (χ4v) is 1.87. The van der Waals surface area contributed by atoms with Crippen LogP contribution < -0.4 is 5.32 Å². The lowest BCUT2D eigenvalue weighted by molar-refractivity contribution is 0.0696. The van der Waals surface area contributed by atoms with Gasteiger partial charge in [-0.2, -0.15) is 11.8 Å². The van der Waals surface area contributed by atoms with Crippen molar-refractivity contribution < 1.29 is 9.90 Å². The van der Waals surface area contributed by atoms with Gasteiger partial charge < -0.3 is 10.4 Å². The van der Waals surface area contributed by atoms with Gasteiger partial charge in [-0.25, -0.2) is 9.78 Å². The van der Waals surface area contributed by atoms with Crippen molar-refractivity contribution in [2.75, 3.05) is 16.8 Å². The van der Waals surface area contributed by atoms with Crippen molar-refractivity contribution >= 4 is 23.5 Å².